The fraction of sp³-hybridized carbons (Fsp3) is 0.500. The molecule has 0 atom stereocenters. The van der Waals surface area contributed by atoms with Crippen LogP contribution in [0.1, 0.15) is 0 Å². The van der Waals surface area contributed by atoms with E-state index in [1.165, 1.54) is 0 Å². The van der Waals surface area contributed by atoms with Crippen LogP contribution in [0.2, 0.25) is 0 Å². The molecule has 0 fully saturated rings. The molecule has 0 aromatic rings. The van der Waals surface area contributed by atoms with E-state index in [0.717, 1.165) is 15.4 Å². The summed E-state index contributed by atoms with van der Waals surface area (Å²) >= 11 is 0. The summed E-state index contributed by atoms with van der Waals surface area (Å²) in [4.78, 5) is 0. The van der Waals surface area contributed by atoms with Gasteiger partial charge < -0.3 is 10.2 Å². The van der Waals surface area contributed by atoms with E-state index < -0.39 is 0 Å². The van der Waals surface area contributed by atoms with Crippen molar-refractivity contribution in [2.45, 2.75) is 0 Å². The van der Waals surface area contributed by atoms with Gasteiger partial charge in [0.15, 0.2) is 0 Å². The second-order valence-corrected chi connectivity index (χ2v) is 2.68. The third kappa shape index (κ3) is 3.71. The largest absolute Gasteiger partial charge is 0.392 e. The lowest BCUT2D eigenvalue weighted by atomic mass is 10.5. The molecule has 0 rings (SSSR count). The molecule has 0 aromatic heterocycles. The summed E-state index contributed by atoms with van der Waals surface area (Å²) < 4.78 is 0. The highest BCUT2D eigenvalue weighted by molar-refractivity contribution is 6.21. The Kier molecular flexibility index (Phi) is 3.98. The highest BCUT2D eigenvalue weighted by Crippen LogP contribution is 1.79. The van der Waals surface area contributed by atoms with E-state index >= 15 is 0 Å². The Labute approximate surface area is 45.9 Å². The maximum Gasteiger partial charge on any atom is 0.0611 e. The highest BCUT2D eigenvalue weighted by atomic mass is 28.1. The van der Waals surface area contributed by atoms with Crippen LogP contribution in [0.25, 0.3) is 0 Å². The number of hydrogen-bond donors (Lipinski definition) is 2. The third-order valence-electron chi connectivity index (χ3n) is 0.689. The van der Waals surface area contributed by atoms with Gasteiger partial charge in [-0.1, -0.05) is 11.3 Å². The van der Waals surface area contributed by atoms with Crippen molar-refractivity contribution in [2.24, 2.45) is 0 Å². The lowest BCUT2D eigenvalue weighted by Crippen LogP contribution is -1.89. The van der Waals surface area contributed by atoms with Crippen molar-refractivity contribution in [1.29, 1.82) is 0 Å². The molecule has 0 heterocycles. The van der Waals surface area contributed by atoms with Gasteiger partial charge in [-0.15, -0.1) is 0 Å². The monoisotopic (exact) mass is 118 g/mol. The van der Waals surface area contributed by atoms with Crippen LogP contribution in [-0.2, 0) is 0 Å². The topological polar surface area (TPSA) is 40.5 Å². The highest BCUT2D eigenvalue weighted by Gasteiger charge is 1.78. The maximum atomic E-state index is 8.32. The van der Waals surface area contributed by atoms with Gasteiger partial charge in [-0.25, -0.2) is 0 Å². The first-order valence-electron chi connectivity index (χ1n) is 2.18. The van der Waals surface area contributed by atoms with Crippen LogP contribution in [-0.4, -0.2) is 33.7 Å². The van der Waals surface area contributed by atoms with Gasteiger partial charge in [-0.2, -0.15) is 0 Å². The molecule has 2 N–H and O–H groups in total. The quantitative estimate of drug-likeness (QED) is 0.421. The zero-order valence-corrected chi connectivity index (χ0v) is 6.39. The molecule has 0 bridgehead atoms. The van der Waals surface area contributed by atoms with E-state index in [2.05, 4.69) is 0 Å². The van der Waals surface area contributed by atoms with Crippen molar-refractivity contribution in [3.8, 4) is 0 Å². The average Bonchev–Trinajstić information content (AvgIpc) is 1.68. The predicted octanol–water partition coefficient (Wildman–Crippen LogP) is -1.78. The third-order valence-corrected chi connectivity index (χ3v) is 1.41. The normalized spacial score (nSPS) is 12.6. The van der Waals surface area contributed by atoms with Gasteiger partial charge in [0, 0.05) is 10.2 Å². The predicted molar refractivity (Wildman–Crippen MR) is 32.2 cm³/mol. The molecule has 0 aliphatic rings. The summed E-state index contributed by atoms with van der Waals surface area (Å²) in [5, 5.41) is 17.5. The van der Waals surface area contributed by atoms with E-state index in [1.54, 1.807) is 6.08 Å². The number of hydrogen-bond acceptors (Lipinski definition) is 2. The molecule has 0 aliphatic heterocycles. The Morgan fingerprint density at radius 1 is 1.57 bits per heavy atom. The van der Waals surface area contributed by atoms with Crippen molar-refractivity contribution in [1.82, 2.24) is 0 Å². The summed E-state index contributed by atoms with van der Waals surface area (Å²) in [5.41, 5.74) is 0. The molecule has 0 saturated carbocycles. The first-order chi connectivity index (χ1) is 3.31. The Morgan fingerprint density at radius 3 is 2.29 bits per heavy atom. The molecule has 0 spiro atoms. The fourth-order valence-electron chi connectivity index (χ4n) is 0.220. The summed E-state index contributed by atoms with van der Waals surface area (Å²) in [6.45, 7) is 0.159. The van der Waals surface area contributed by atoms with Crippen molar-refractivity contribution < 1.29 is 10.2 Å². The van der Waals surface area contributed by atoms with Gasteiger partial charge in [-0.3, -0.25) is 0 Å². The molecule has 0 amide bonds. The zero-order chi connectivity index (χ0) is 5.70. The molecule has 2 nitrogen and oxygen atoms in total. The fourth-order valence-corrected chi connectivity index (χ4v) is 0.403. The number of rotatable bonds is 2. The van der Waals surface area contributed by atoms with Crippen LogP contribution >= 0.6 is 0 Å². The van der Waals surface area contributed by atoms with E-state index in [0.29, 0.717) is 0 Å². The summed E-state index contributed by atoms with van der Waals surface area (Å²) in [7, 11) is 0.851. The van der Waals surface area contributed by atoms with Gasteiger partial charge in [0.25, 0.3) is 0 Å². The first kappa shape index (κ1) is 6.88. The minimum Gasteiger partial charge on any atom is -0.392 e. The van der Waals surface area contributed by atoms with Crippen LogP contribution < -0.4 is 0 Å². The van der Waals surface area contributed by atoms with Gasteiger partial charge in [0.1, 0.15) is 0 Å². The van der Waals surface area contributed by atoms with Gasteiger partial charge >= 0.3 is 0 Å². The summed E-state index contributed by atoms with van der Waals surface area (Å²) in [5.74, 6) is 0. The molecule has 0 aromatic carbocycles. The molecule has 0 aliphatic carbocycles. The van der Waals surface area contributed by atoms with Crippen LogP contribution in [0.3, 0.4) is 0 Å². The smallest absolute Gasteiger partial charge is 0.0611 e. The van der Waals surface area contributed by atoms with Crippen LogP contribution in [0.4, 0.5) is 0 Å². The first-order valence-corrected chi connectivity index (χ1v) is 3.18. The number of aliphatic hydroxyl groups excluding tert-OH is 2. The lowest BCUT2D eigenvalue weighted by molar-refractivity contribution is 0.326. The van der Waals surface area contributed by atoms with E-state index in [9.17, 15) is 0 Å². The van der Waals surface area contributed by atoms with Gasteiger partial charge in [0.2, 0.25) is 0 Å². The molecule has 7 heavy (non-hydrogen) atoms. The molecule has 0 unspecified atom stereocenters. The zero-order valence-electron chi connectivity index (χ0n) is 4.39. The lowest BCUT2D eigenvalue weighted by Gasteiger charge is -1.87. The van der Waals surface area contributed by atoms with Crippen LogP contribution in [0, 0.1) is 0 Å². The average molecular weight is 118 g/mol. The summed E-state index contributed by atoms with van der Waals surface area (Å²) in [6, 6.07) is 0. The Balaban J connectivity index is 3.29. The standard InChI is InChI=1S/C4H10O2Si/c5-2-1-4(7)3-6/h1,5-6H,2-3H2,7H3. The van der Waals surface area contributed by atoms with Gasteiger partial charge in [-0.05, 0) is 0 Å². The Morgan fingerprint density at radius 2 is 2.14 bits per heavy atom. The Bertz CT molecular complexity index is 70.1. The van der Waals surface area contributed by atoms with Crippen molar-refractivity contribution in [2.75, 3.05) is 13.2 Å². The summed E-state index contributed by atoms with van der Waals surface area (Å²) in [6.07, 6.45) is 1.63. The SMILES string of the molecule is OCC=C([SiH3])CO. The van der Waals surface area contributed by atoms with Crippen LogP contribution in [0.15, 0.2) is 11.3 Å². The minimum absolute atomic E-state index is 0.0550. The van der Waals surface area contributed by atoms with E-state index in [-0.39, 0.29) is 13.2 Å². The van der Waals surface area contributed by atoms with Crippen molar-refractivity contribution in [3.05, 3.63) is 11.3 Å². The van der Waals surface area contributed by atoms with Crippen molar-refractivity contribution >= 4 is 10.2 Å². The minimum atomic E-state index is 0.0550. The molecule has 0 saturated heterocycles. The molecule has 0 radical (unpaired) electrons. The molecule has 42 valence electrons. The number of aliphatic hydroxyl groups is 2. The second kappa shape index (κ2) is 4.05. The Hall–Kier alpha value is -0.123. The maximum absolute atomic E-state index is 8.32. The van der Waals surface area contributed by atoms with Crippen LogP contribution in [0.5, 0.6) is 0 Å². The molecular weight excluding hydrogens is 108 g/mol. The van der Waals surface area contributed by atoms with E-state index in [4.69, 9.17) is 10.2 Å². The second-order valence-electron chi connectivity index (χ2n) is 1.39. The molecular formula is C4H10O2Si. The van der Waals surface area contributed by atoms with Gasteiger partial charge in [0.05, 0.1) is 13.2 Å². The van der Waals surface area contributed by atoms with E-state index in [1.807, 2.05) is 0 Å². The van der Waals surface area contributed by atoms with Crippen molar-refractivity contribution in [3.63, 3.8) is 0 Å². The molecule has 3 heteroatoms.